The molecule has 0 bridgehead atoms. The van der Waals surface area contributed by atoms with Crippen LogP contribution < -0.4 is 5.32 Å². The highest BCUT2D eigenvalue weighted by Gasteiger charge is 2.40. The first-order valence-corrected chi connectivity index (χ1v) is 14.5. The highest BCUT2D eigenvalue weighted by molar-refractivity contribution is 5.89. The second-order valence-corrected chi connectivity index (χ2v) is 11.4. The SMILES string of the molecule is CC(C)C(=O)N1C(C)CN(Cc2ccccc2C2CCOCC2)CC1C(=O)NCc1ccc(-c2ccco2)cc1. The van der Waals surface area contributed by atoms with Crippen molar-refractivity contribution in [1.82, 2.24) is 15.1 Å². The van der Waals surface area contributed by atoms with Gasteiger partial charge in [-0.1, -0.05) is 62.4 Å². The monoisotopic (exact) mass is 543 g/mol. The van der Waals surface area contributed by atoms with E-state index in [4.69, 9.17) is 9.15 Å². The molecule has 2 unspecified atom stereocenters. The van der Waals surface area contributed by atoms with E-state index in [-0.39, 0.29) is 23.8 Å². The van der Waals surface area contributed by atoms with E-state index < -0.39 is 6.04 Å². The molecule has 7 nitrogen and oxygen atoms in total. The van der Waals surface area contributed by atoms with E-state index in [9.17, 15) is 9.59 Å². The molecule has 2 atom stereocenters. The standard InChI is InChI=1S/C33H41N3O4/c1-23(2)33(38)36-24(3)20-35(21-28-7-4-5-8-29(28)26-14-17-39-18-15-26)22-30(36)32(37)34-19-25-10-12-27(13-11-25)31-9-6-16-40-31/h4-13,16,23-24,26,30H,14-15,17-22H2,1-3H3,(H,34,37). The van der Waals surface area contributed by atoms with Crippen LogP contribution in [-0.2, 0) is 27.4 Å². The van der Waals surface area contributed by atoms with Crippen LogP contribution in [0.2, 0.25) is 0 Å². The van der Waals surface area contributed by atoms with Crippen LogP contribution in [0.25, 0.3) is 11.3 Å². The van der Waals surface area contributed by atoms with Gasteiger partial charge in [-0.05, 0) is 54.5 Å². The fourth-order valence-electron chi connectivity index (χ4n) is 6.05. The highest BCUT2D eigenvalue weighted by Crippen LogP contribution is 2.31. The Morgan fingerprint density at radius 3 is 2.42 bits per heavy atom. The molecule has 3 aromatic rings. The van der Waals surface area contributed by atoms with Crippen molar-refractivity contribution in [1.29, 1.82) is 0 Å². The van der Waals surface area contributed by atoms with Gasteiger partial charge in [0.2, 0.25) is 11.8 Å². The number of rotatable bonds is 8. The lowest BCUT2D eigenvalue weighted by Crippen LogP contribution is -2.64. The van der Waals surface area contributed by atoms with Crippen molar-refractivity contribution in [2.24, 2.45) is 5.92 Å². The lowest BCUT2D eigenvalue weighted by atomic mass is 9.88. The van der Waals surface area contributed by atoms with Crippen LogP contribution in [-0.4, -0.2) is 60.0 Å². The van der Waals surface area contributed by atoms with Crippen molar-refractivity contribution in [3.05, 3.63) is 83.6 Å². The number of hydrogen-bond acceptors (Lipinski definition) is 5. The molecule has 0 spiro atoms. The topological polar surface area (TPSA) is 75.0 Å². The van der Waals surface area contributed by atoms with Crippen LogP contribution in [0.4, 0.5) is 0 Å². The van der Waals surface area contributed by atoms with Gasteiger partial charge < -0.3 is 19.4 Å². The van der Waals surface area contributed by atoms with Crippen molar-refractivity contribution >= 4 is 11.8 Å². The number of carbonyl (C=O) groups is 2. The van der Waals surface area contributed by atoms with E-state index in [1.807, 2.05) is 55.1 Å². The molecule has 0 aliphatic carbocycles. The van der Waals surface area contributed by atoms with E-state index in [2.05, 4.69) is 41.4 Å². The first-order valence-electron chi connectivity index (χ1n) is 14.5. The Bertz CT molecular complexity index is 1270. The molecule has 1 aromatic heterocycles. The number of benzene rings is 2. The van der Waals surface area contributed by atoms with Gasteiger partial charge in [0.05, 0.1) is 6.26 Å². The van der Waals surface area contributed by atoms with Gasteiger partial charge in [-0.2, -0.15) is 0 Å². The summed E-state index contributed by atoms with van der Waals surface area (Å²) in [5, 5.41) is 3.12. The minimum absolute atomic E-state index is 0.0257. The molecule has 2 amide bonds. The highest BCUT2D eigenvalue weighted by atomic mass is 16.5. The second-order valence-electron chi connectivity index (χ2n) is 11.4. The van der Waals surface area contributed by atoms with Crippen LogP contribution in [0.15, 0.2) is 71.3 Å². The van der Waals surface area contributed by atoms with E-state index in [0.29, 0.717) is 19.0 Å². The van der Waals surface area contributed by atoms with Crippen LogP contribution in [0.5, 0.6) is 0 Å². The normalized spacial score (nSPS) is 20.6. The average Bonchev–Trinajstić information content (AvgIpc) is 3.51. The smallest absolute Gasteiger partial charge is 0.244 e. The maximum absolute atomic E-state index is 13.7. The Balaban J connectivity index is 1.29. The molecule has 2 aromatic carbocycles. The van der Waals surface area contributed by atoms with Gasteiger partial charge in [0.25, 0.3) is 0 Å². The van der Waals surface area contributed by atoms with Gasteiger partial charge in [-0.3, -0.25) is 14.5 Å². The summed E-state index contributed by atoms with van der Waals surface area (Å²) in [6, 6.07) is 19.8. The Morgan fingerprint density at radius 2 is 1.73 bits per heavy atom. The summed E-state index contributed by atoms with van der Waals surface area (Å²) in [5.74, 6) is 1.06. The van der Waals surface area contributed by atoms with E-state index in [1.54, 1.807) is 6.26 Å². The van der Waals surface area contributed by atoms with E-state index in [1.165, 1.54) is 11.1 Å². The number of amides is 2. The molecule has 2 aliphatic rings. The summed E-state index contributed by atoms with van der Waals surface area (Å²) < 4.78 is 11.1. The fraction of sp³-hybridized carbons (Fsp3) is 0.455. The van der Waals surface area contributed by atoms with Crippen molar-refractivity contribution in [3.63, 3.8) is 0 Å². The van der Waals surface area contributed by atoms with Crippen molar-refractivity contribution in [2.45, 2.75) is 64.7 Å². The van der Waals surface area contributed by atoms with Gasteiger partial charge in [0.1, 0.15) is 11.8 Å². The fourth-order valence-corrected chi connectivity index (χ4v) is 6.05. The Kier molecular flexibility index (Phi) is 9.02. The molecule has 2 saturated heterocycles. The van der Waals surface area contributed by atoms with Gasteiger partial charge in [-0.15, -0.1) is 0 Å². The second kappa shape index (κ2) is 12.8. The number of nitrogens with one attached hydrogen (secondary N) is 1. The Morgan fingerprint density at radius 1 is 0.975 bits per heavy atom. The number of nitrogens with zero attached hydrogens (tertiary/aromatic N) is 2. The molecule has 3 heterocycles. The molecule has 5 rings (SSSR count). The predicted octanol–water partition coefficient (Wildman–Crippen LogP) is 5.21. The number of ether oxygens (including phenoxy) is 1. The van der Waals surface area contributed by atoms with Crippen molar-refractivity contribution < 1.29 is 18.7 Å². The van der Waals surface area contributed by atoms with Crippen molar-refractivity contribution in [3.8, 4) is 11.3 Å². The van der Waals surface area contributed by atoms with Gasteiger partial charge in [0.15, 0.2) is 0 Å². The third-order valence-electron chi connectivity index (χ3n) is 8.15. The maximum Gasteiger partial charge on any atom is 0.244 e. The van der Waals surface area contributed by atoms with Crippen LogP contribution in [0.3, 0.4) is 0 Å². The molecule has 2 aliphatic heterocycles. The van der Waals surface area contributed by atoms with Crippen LogP contribution >= 0.6 is 0 Å². The predicted molar refractivity (Wildman–Crippen MR) is 155 cm³/mol. The molecular weight excluding hydrogens is 502 g/mol. The molecule has 212 valence electrons. The zero-order valence-electron chi connectivity index (χ0n) is 23.8. The zero-order valence-corrected chi connectivity index (χ0v) is 23.8. The van der Waals surface area contributed by atoms with E-state index in [0.717, 1.165) is 56.0 Å². The molecule has 0 saturated carbocycles. The average molecular weight is 544 g/mol. The summed E-state index contributed by atoms with van der Waals surface area (Å²) in [6.45, 7) is 9.89. The molecule has 0 radical (unpaired) electrons. The number of carbonyl (C=O) groups excluding carboxylic acids is 2. The third kappa shape index (κ3) is 6.48. The first-order chi connectivity index (χ1) is 19.4. The Hall–Kier alpha value is -3.42. The summed E-state index contributed by atoms with van der Waals surface area (Å²) >= 11 is 0. The first kappa shape index (κ1) is 28.1. The van der Waals surface area contributed by atoms with E-state index >= 15 is 0 Å². The third-order valence-corrected chi connectivity index (χ3v) is 8.15. The molecular formula is C33H41N3O4. The van der Waals surface area contributed by atoms with Gasteiger partial charge in [-0.25, -0.2) is 0 Å². The molecule has 7 heteroatoms. The summed E-state index contributed by atoms with van der Waals surface area (Å²) in [7, 11) is 0. The zero-order chi connectivity index (χ0) is 28.1. The lowest BCUT2D eigenvalue weighted by Gasteiger charge is -2.45. The largest absolute Gasteiger partial charge is 0.464 e. The number of piperazine rings is 1. The minimum Gasteiger partial charge on any atom is -0.464 e. The molecule has 40 heavy (non-hydrogen) atoms. The molecule has 1 N–H and O–H groups in total. The summed E-state index contributed by atoms with van der Waals surface area (Å²) in [6.07, 6.45) is 3.74. The quantitative estimate of drug-likeness (QED) is 0.422. The number of furan rings is 1. The van der Waals surface area contributed by atoms with Crippen molar-refractivity contribution in [2.75, 3.05) is 26.3 Å². The Labute approximate surface area is 237 Å². The van der Waals surface area contributed by atoms with Gasteiger partial charge >= 0.3 is 0 Å². The molecule has 2 fully saturated rings. The summed E-state index contributed by atoms with van der Waals surface area (Å²) in [5.41, 5.74) is 4.68. The lowest BCUT2D eigenvalue weighted by molar-refractivity contribution is -0.150. The van der Waals surface area contributed by atoms with Crippen LogP contribution in [0, 0.1) is 5.92 Å². The maximum atomic E-state index is 13.7. The van der Waals surface area contributed by atoms with Crippen LogP contribution in [0.1, 0.15) is 56.2 Å². The number of hydrogen-bond donors (Lipinski definition) is 1. The van der Waals surface area contributed by atoms with Gasteiger partial charge in [0, 0.05) is 56.9 Å². The minimum atomic E-state index is -0.545. The summed E-state index contributed by atoms with van der Waals surface area (Å²) in [4.78, 5) is 31.1.